The van der Waals surface area contributed by atoms with Gasteiger partial charge in [0.15, 0.2) is 16.9 Å². The molecule has 2 aromatic carbocycles. The van der Waals surface area contributed by atoms with E-state index < -0.39 is 5.43 Å². The minimum atomic E-state index is -0.396. The maximum Gasteiger partial charge on any atom is 0.196 e. The molecule has 0 atom stereocenters. The standard InChI is InChI=1S/C17H14O6/c18-10-6-14(21)17-15(22)8-11(23-16(17)7-10)3-1-9-2-4-12(19)13(20)5-9/h2,4-8,18-21H,1,3H2. The van der Waals surface area contributed by atoms with Gasteiger partial charge in [-0.2, -0.15) is 0 Å². The van der Waals surface area contributed by atoms with Gasteiger partial charge >= 0.3 is 0 Å². The Morgan fingerprint density at radius 3 is 2.35 bits per heavy atom. The van der Waals surface area contributed by atoms with Crippen molar-refractivity contribution in [2.24, 2.45) is 0 Å². The SMILES string of the molecule is O=c1cc(CCc2ccc(O)c(O)c2)oc2cc(O)cc(O)c12. The van der Waals surface area contributed by atoms with E-state index in [1.165, 1.54) is 24.3 Å². The Morgan fingerprint density at radius 2 is 1.61 bits per heavy atom. The molecule has 0 radical (unpaired) electrons. The Kier molecular flexibility index (Phi) is 3.57. The summed E-state index contributed by atoms with van der Waals surface area (Å²) in [7, 11) is 0. The lowest BCUT2D eigenvalue weighted by atomic mass is 10.1. The first kappa shape index (κ1) is 14.8. The molecule has 1 heterocycles. The number of phenolic OH excluding ortho intramolecular Hbond substituents is 4. The van der Waals surface area contributed by atoms with Gasteiger partial charge in [-0.3, -0.25) is 4.79 Å². The number of benzene rings is 2. The van der Waals surface area contributed by atoms with Crippen molar-refractivity contribution in [3.63, 3.8) is 0 Å². The lowest BCUT2D eigenvalue weighted by molar-refractivity contribution is 0.403. The fourth-order valence-electron chi connectivity index (χ4n) is 2.42. The van der Waals surface area contributed by atoms with Crippen molar-refractivity contribution in [1.82, 2.24) is 0 Å². The zero-order chi connectivity index (χ0) is 16.6. The number of hydrogen-bond acceptors (Lipinski definition) is 6. The molecular formula is C17H14O6. The first-order valence-electron chi connectivity index (χ1n) is 6.93. The Hall–Kier alpha value is -3.15. The first-order valence-corrected chi connectivity index (χ1v) is 6.93. The molecule has 118 valence electrons. The largest absolute Gasteiger partial charge is 0.508 e. The third kappa shape index (κ3) is 2.91. The van der Waals surface area contributed by atoms with Crippen molar-refractivity contribution < 1.29 is 24.8 Å². The summed E-state index contributed by atoms with van der Waals surface area (Å²) in [5.41, 5.74) is 0.479. The van der Waals surface area contributed by atoms with E-state index in [4.69, 9.17) is 4.42 Å². The van der Waals surface area contributed by atoms with Crippen LogP contribution in [0.1, 0.15) is 11.3 Å². The van der Waals surface area contributed by atoms with Crippen LogP contribution in [0.15, 0.2) is 45.6 Å². The van der Waals surface area contributed by atoms with E-state index in [9.17, 15) is 25.2 Å². The van der Waals surface area contributed by atoms with Crippen molar-refractivity contribution in [3.8, 4) is 23.0 Å². The summed E-state index contributed by atoms with van der Waals surface area (Å²) < 4.78 is 5.55. The van der Waals surface area contributed by atoms with Crippen LogP contribution < -0.4 is 5.43 Å². The lowest BCUT2D eigenvalue weighted by Gasteiger charge is -2.06. The predicted molar refractivity (Wildman–Crippen MR) is 83.0 cm³/mol. The van der Waals surface area contributed by atoms with Crippen LogP contribution in [0.4, 0.5) is 0 Å². The highest BCUT2D eigenvalue weighted by atomic mass is 16.3. The molecule has 0 unspecified atom stereocenters. The molecule has 0 aliphatic heterocycles. The molecule has 3 aromatic rings. The van der Waals surface area contributed by atoms with Gasteiger partial charge < -0.3 is 24.8 Å². The van der Waals surface area contributed by atoms with Gasteiger partial charge in [-0.1, -0.05) is 6.07 Å². The second kappa shape index (κ2) is 5.57. The average Bonchev–Trinajstić information content (AvgIpc) is 2.47. The summed E-state index contributed by atoms with van der Waals surface area (Å²) in [5, 5.41) is 38.0. The number of phenols is 4. The third-order valence-corrected chi connectivity index (χ3v) is 3.55. The Balaban J connectivity index is 1.91. The van der Waals surface area contributed by atoms with Crippen molar-refractivity contribution in [1.29, 1.82) is 0 Å². The summed E-state index contributed by atoms with van der Waals surface area (Å²) in [5.74, 6) is -0.545. The summed E-state index contributed by atoms with van der Waals surface area (Å²) >= 11 is 0. The van der Waals surface area contributed by atoms with Gasteiger partial charge in [0, 0.05) is 24.6 Å². The highest BCUT2D eigenvalue weighted by Gasteiger charge is 2.11. The highest BCUT2D eigenvalue weighted by molar-refractivity contribution is 5.84. The Labute approximate surface area is 130 Å². The summed E-state index contributed by atoms with van der Waals surface area (Å²) in [6.45, 7) is 0. The maximum absolute atomic E-state index is 12.1. The number of rotatable bonds is 3. The fraction of sp³-hybridized carbons (Fsp3) is 0.118. The molecule has 6 heteroatoms. The number of hydrogen-bond donors (Lipinski definition) is 4. The van der Waals surface area contributed by atoms with Crippen LogP contribution in [-0.2, 0) is 12.8 Å². The maximum atomic E-state index is 12.1. The first-order chi connectivity index (χ1) is 10.9. The number of aryl methyl sites for hydroxylation is 2. The lowest BCUT2D eigenvalue weighted by Crippen LogP contribution is -2.03. The highest BCUT2D eigenvalue weighted by Crippen LogP contribution is 2.28. The molecule has 0 amide bonds. The van der Waals surface area contributed by atoms with E-state index in [2.05, 4.69) is 0 Å². The minimum absolute atomic E-state index is 0.0221. The molecule has 0 saturated heterocycles. The smallest absolute Gasteiger partial charge is 0.196 e. The zero-order valence-electron chi connectivity index (χ0n) is 12.0. The van der Waals surface area contributed by atoms with Crippen LogP contribution in [0, 0.1) is 0 Å². The fourth-order valence-corrected chi connectivity index (χ4v) is 2.42. The van der Waals surface area contributed by atoms with Crippen LogP contribution >= 0.6 is 0 Å². The van der Waals surface area contributed by atoms with E-state index in [0.29, 0.717) is 18.6 Å². The van der Waals surface area contributed by atoms with Crippen molar-refractivity contribution in [3.05, 3.63) is 57.9 Å². The normalized spacial score (nSPS) is 11.0. The second-order valence-electron chi connectivity index (χ2n) is 5.24. The topological polar surface area (TPSA) is 111 Å². The van der Waals surface area contributed by atoms with Crippen LogP contribution in [0.5, 0.6) is 23.0 Å². The molecule has 3 rings (SSSR count). The van der Waals surface area contributed by atoms with Crippen LogP contribution in [-0.4, -0.2) is 20.4 Å². The minimum Gasteiger partial charge on any atom is -0.508 e. The summed E-state index contributed by atoms with van der Waals surface area (Å²) in [6.07, 6.45) is 0.860. The summed E-state index contributed by atoms with van der Waals surface area (Å²) in [6, 6.07) is 8.12. The molecule has 0 aliphatic rings. The molecule has 0 aliphatic carbocycles. The van der Waals surface area contributed by atoms with Crippen molar-refractivity contribution in [2.45, 2.75) is 12.8 Å². The third-order valence-electron chi connectivity index (χ3n) is 3.55. The number of aromatic hydroxyl groups is 4. The van der Waals surface area contributed by atoms with E-state index in [1.54, 1.807) is 6.07 Å². The Morgan fingerprint density at radius 1 is 0.826 bits per heavy atom. The van der Waals surface area contributed by atoms with E-state index >= 15 is 0 Å². The predicted octanol–water partition coefficient (Wildman–Crippen LogP) is 2.40. The molecular weight excluding hydrogens is 300 g/mol. The van der Waals surface area contributed by atoms with Gasteiger partial charge in [-0.05, 0) is 24.1 Å². The average molecular weight is 314 g/mol. The van der Waals surface area contributed by atoms with E-state index in [-0.39, 0.29) is 34.0 Å². The van der Waals surface area contributed by atoms with Crippen molar-refractivity contribution >= 4 is 11.0 Å². The zero-order valence-corrected chi connectivity index (χ0v) is 12.0. The monoisotopic (exact) mass is 314 g/mol. The molecule has 0 fully saturated rings. The van der Waals surface area contributed by atoms with Gasteiger partial charge in [-0.25, -0.2) is 0 Å². The van der Waals surface area contributed by atoms with Gasteiger partial charge in [0.1, 0.15) is 28.2 Å². The molecule has 0 saturated carbocycles. The van der Waals surface area contributed by atoms with Crippen molar-refractivity contribution in [2.75, 3.05) is 0 Å². The Bertz CT molecular complexity index is 942. The summed E-state index contributed by atoms with van der Waals surface area (Å²) in [4.78, 5) is 12.1. The van der Waals surface area contributed by atoms with Gasteiger partial charge in [0.05, 0.1) is 0 Å². The quantitative estimate of drug-likeness (QED) is 0.552. The second-order valence-corrected chi connectivity index (χ2v) is 5.24. The molecule has 6 nitrogen and oxygen atoms in total. The van der Waals surface area contributed by atoms with Gasteiger partial charge in [0.2, 0.25) is 0 Å². The molecule has 0 spiro atoms. The van der Waals surface area contributed by atoms with E-state index in [0.717, 1.165) is 11.6 Å². The molecule has 0 bridgehead atoms. The molecule has 1 aromatic heterocycles. The molecule has 23 heavy (non-hydrogen) atoms. The van der Waals surface area contributed by atoms with Crippen LogP contribution in [0.2, 0.25) is 0 Å². The number of fused-ring (bicyclic) bond motifs is 1. The van der Waals surface area contributed by atoms with Gasteiger partial charge in [0.25, 0.3) is 0 Å². The van der Waals surface area contributed by atoms with E-state index in [1.807, 2.05) is 0 Å². The molecule has 4 N–H and O–H groups in total. The van der Waals surface area contributed by atoms with Gasteiger partial charge in [-0.15, -0.1) is 0 Å². The van der Waals surface area contributed by atoms with Crippen LogP contribution in [0.25, 0.3) is 11.0 Å². The van der Waals surface area contributed by atoms with Crippen LogP contribution in [0.3, 0.4) is 0 Å².